The van der Waals surface area contributed by atoms with Crippen LogP contribution >= 0.6 is 11.6 Å². The van der Waals surface area contributed by atoms with Gasteiger partial charge in [0.15, 0.2) is 0 Å². The Hall–Kier alpha value is -1.58. The van der Waals surface area contributed by atoms with Crippen molar-refractivity contribution in [3.63, 3.8) is 0 Å². The summed E-state index contributed by atoms with van der Waals surface area (Å²) in [6, 6.07) is 9.82. The summed E-state index contributed by atoms with van der Waals surface area (Å²) in [6.45, 7) is 0. The van der Waals surface area contributed by atoms with Gasteiger partial charge < -0.3 is 10.1 Å². The molecule has 0 fully saturated rings. The van der Waals surface area contributed by atoms with Crippen molar-refractivity contribution in [2.45, 2.75) is 6.04 Å². The summed E-state index contributed by atoms with van der Waals surface area (Å²) in [5.74, 6) is 0.752. The third-order valence-electron chi connectivity index (χ3n) is 2.80. The Kier molecular flexibility index (Phi) is 4.18. The number of aromatic nitrogens is 1. The van der Waals surface area contributed by atoms with E-state index in [2.05, 4.69) is 10.3 Å². The molecule has 0 radical (unpaired) electrons. The zero-order valence-electron chi connectivity index (χ0n) is 10.4. The number of methoxy groups -OCH3 is 1. The van der Waals surface area contributed by atoms with Gasteiger partial charge in [-0.05, 0) is 36.4 Å². The molecule has 1 N–H and O–H groups in total. The highest BCUT2D eigenvalue weighted by Gasteiger charge is 2.12. The van der Waals surface area contributed by atoms with E-state index in [-0.39, 0.29) is 6.04 Å². The van der Waals surface area contributed by atoms with Crippen molar-refractivity contribution in [1.82, 2.24) is 10.3 Å². The topological polar surface area (TPSA) is 34.2 Å². The number of nitrogens with one attached hydrogen (secondary N) is 1. The highest BCUT2D eigenvalue weighted by Crippen LogP contribution is 2.24. The molecule has 0 amide bonds. The third-order valence-corrected chi connectivity index (χ3v) is 3.05. The van der Waals surface area contributed by atoms with Gasteiger partial charge in [-0.15, -0.1) is 0 Å². The zero-order chi connectivity index (χ0) is 13.0. The Balaban J connectivity index is 2.35. The predicted molar refractivity (Wildman–Crippen MR) is 73.1 cm³/mol. The normalized spacial score (nSPS) is 12.2. The fourth-order valence-electron chi connectivity index (χ4n) is 1.89. The number of halogens is 1. The Labute approximate surface area is 112 Å². The van der Waals surface area contributed by atoms with Crippen molar-refractivity contribution in [1.29, 1.82) is 0 Å². The average molecular weight is 263 g/mol. The van der Waals surface area contributed by atoms with Gasteiger partial charge >= 0.3 is 0 Å². The van der Waals surface area contributed by atoms with E-state index in [4.69, 9.17) is 16.3 Å². The lowest BCUT2D eigenvalue weighted by molar-refractivity contribution is 0.411. The maximum absolute atomic E-state index is 5.90. The number of hydrogen-bond donors (Lipinski definition) is 1. The van der Waals surface area contributed by atoms with Crippen LogP contribution in [0, 0.1) is 0 Å². The molecule has 1 aromatic carbocycles. The van der Waals surface area contributed by atoms with Crippen molar-refractivity contribution < 1.29 is 4.74 Å². The zero-order valence-corrected chi connectivity index (χ0v) is 11.1. The van der Waals surface area contributed by atoms with Gasteiger partial charge in [-0.25, -0.2) is 0 Å². The number of pyridine rings is 1. The molecule has 2 rings (SSSR count). The molecule has 18 heavy (non-hydrogen) atoms. The fraction of sp³-hybridized carbons (Fsp3) is 0.214. The molecule has 0 saturated carbocycles. The van der Waals surface area contributed by atoms with Crippen LogP contribution in [0.3, 0.4) is 0 Å². The van der Waals surface area contributed by atoms with E-state index in [0.717, 1.165) is 21.9 Å². The van der Waals surface area contributed by atoms with Crippen LogP contribution in [0.4, 0.5) is 0 Å². The molecular formula is C14H15ClN2O. The molecule has 0 aliphatic carbocycles. The average Bonchev–Trinajstić information content (AvgIpc) is 2.42. The molecule has 0 spiro atoms. The highest BCUT2D eigenvalue weighted by atomic mass is 35.5. The Morgan fingerprint density at radius 3 is 2.50 bits per heavy atom. The van der Waals surface area contributed by atoms with Crippen LogP contribution in [-0.2, 0) is 0 Å². The fourth-order valence-corrected chi connectivity index (χ4v) is 2.01. The number of nitrogens with zero attached hydrogens (tertiary/aromatic N) is 1. The monoisotopic (exact) mass is 262 g/mol. The molecule has 1 unspecified atom stereocenters. The highest BCUT2D eigenvalue weighted by molar-refractivity contribution is 6.30. The summed E-state index contributed by atoms with van der Waals surface area (Å²) in [7, 11) is 3.55. The summed E-state index contributed by atoms with van der Waals surface area (Å²) in [5.41, 5.74) is 2.19. The van der Waals surface area contributed by atoms with Gasteiger partial charge in [0.25, 0.3) is 0 Å². The molecule has 0 aliphatic heterocycles. The minimum atomic E-state index is 0.0740. The second-order valence-corrected chi connectivity index (χ2v) is 4.37. The molecule has 1 atom stereocenters. The standard InChI is InChI=1S/C14H15ClN2O/c1-16-14(10-3-5-12(15)6-4-10)11-7-13(18-2)9-17-8-11/h3-9,14,16H,1-2H3. The van der Waals surface area contributed by atoms with E-state index in [1.807, 2.05) is 43.6 Å². The number of hydrogen-bond acceptors (Lipinski definition) is 3. The minimum Gasteiger partial charge on any atom is -0.495 e. The predicted octanol–water partition coefficient (Wildman–Crippen LogP) is 3.05. The van der Waals surface area contributed by atoms with Gasteiger partial charge in [0.1, 0.15) is 5.75 Å². The largest absolute Gasteiger partial charge is 0.495 e. The molecule has 4 heteroatoms. The third kappa shape index (κ3) is 2.81. The van der Waals surface area contributed by atoms with E-state index < -0.39 is 0 Å². The van der Waals surface area contributed by atoms with Crippen molar-refractivity contribution in [3.8, 4) is 5.75 Å². The Morgan fingerprint density at radius 1 is 1.17 bits per heavy atom. The van der Waals surface area contributed by atoms with E-state index in [0.29, 0.717) is 0 Å². The Bertz CT molecular complexity index is 513. The molecule has 3 nitrogen and oxygen atoms in total. The van der Waals surface area contributed by atoms with E-state index >= 15 is 0 Å². The van der Waals surface area contributed by atoms with Crippen LogP contribution < -0.4 is 10.1 Å². The van der Waals surface area contributed by atoms with Gasteiger partial charge in [-0.3, -0.25) is 4.98 Å². The second-order valence-electron chi connectivity index (χ2n) is 3.93. The first-order chi connectivity index (χ1) is 8.74. The molecule has 1 heterocycles. The number of ether oxygens (including phenoxy) is 1. The summed E-state index contributed by atoms with van der Waals surface area (Å²) >= 11 is 5.90. The van der Waals surface area contributed by atoms with Crippen LogP contribution in [0.5, 0.6) is 5.75 Å². The Morgan fingerprint density at radius 2 is 1.89 bits per heavy atom. The van der Waals surface area contributed by atoms with E-state index in [1.165, 1.54) is 0 Å². The van der Waals surface area contributed by atoms with Gasteiger partial charge in [-0.2, -0.15) is 0 Å². The summed E-state index contributed by atoms with van der Waals surface area (Å²) in [6.07, 6.45) is 3.52. The van der Waals surface area contributed by atoms with Gasteiger partial charge in [0, 0.05) is 11.2 Å². The maximum Gasteiger partial charge on any atom is 0.137 e. The molecule has 1 aromatic heterocycles. The van der Waals surface area contributed by atoms with Crippen molar-refractivity contribution in [2.75, 3.05) is 14.2 Å². The van der Waals surface area contributed by atoms with Crippen molar-refractivity contribution in [3.05, 3.63) is 58.9 Å². The van der Waals surface area contributed by atoms with E-state index in [9.17, 15) is 0 Å². The lowest BCUT2D eigenvalue weighted by Gasteiger charge is -2.17. The van der Waals surface area contributed by atoms with Crippen LogP contribution in [0.2, 0.25) is 5.02 Å². The number of benzene rings is 1. The van der Waals surface area contributed by atoms with Crippen molar-refractivity contribution >= 4 is 11.6 Å². The van der Waals surface area contributed by atoms with Crippen LogP contribution in [0.25, 0.3) is 0 Å². The van der Waals surface area contributed by atoms with Gasteiger partial charge in [-0.1, -0.05) is 23.7 Å². The van der Waals surface area contributed by atoms with E-state index in [1.54, 1.807) is 13.3 Å². The summed E-state index contributed by atoms with van der Waals surface area (Å²) < 4.78 is 5.19. The van der Waals surface area contributed by atoms with Gasteiger partial charge in [0.2, 0.25) is 0 Å². The minimum absolute atomic E-state index is 0.0740. The first-order valence-corrected chi connectivity index (χ1v) is 6.04. The van der Waals surface area contributed by atoms with Gasteiger partial charge in [0.05, 0.1) is 19.3 Å². The molecule has 2 aromatic rings. The molecular weight excluding hydrogens is 248 g/mol. The maximum atomic E-state index is 5.90. The summed E-state index contributed by atoms with van der Waals surface area (Å²) in [5, 5.41) is 4.00. The molecule has 0 aliphatic rings. The van der Waals surface area contributed by atoms with Crippen LogP contribution in [0.15, 0.2) is 42.7 Å². The van der Waals surface area contributed by atoms with Crippen LogP contribution in [0.1, 0.15) is 17.2 Å². The smallest absolute Gasteiger partial charge is 0.137 e. The molecule has 0 bridgehead atoms. The SMILES string of the molecule is CNC(c1ccc(Cl)cc1)c1cncc(OC)c1. The van der Waals surface area contributed by atoms with Crippen LogP contribution in [-0.4, -0.2) is 19.1 Å². The second kappa shape index (κ2) is 5.85. The number of rotatable bonds is 4. The van der Waals surface area contributed by atoms with Crippen molar-refractivity contribution in [2.24, 2.45) is 0 Å². The quantitative estimate of drug-likeness (QED) is 0.920. The molecule has 94 valence electrons. The lowest BCUT2D eigenvalue weighted by Crippen LogP contribution is -2.17. The first kappa shape index (κ1) is 12.9. The lowest BCUT2D eigenvalue weighted by atomic mass is 10.0. The molecule has 0 saturated heterocycles. The summed E-state index contributed by atoms with van der Waals surface area (Å²) in [4.78, 5) is 4.18. The first-order valence-electron chi connectivity index (χ1n) is 5.66.